The largest absolute Gasteiger partial charge is 0.497 e. The minimum absolute atomic E-state index is 0. The molecule has 2 heterocycles. The summed E-state index contributed by atoms with van der Waals surface area (Å²) in [6.07, 6.45) is 1.27. The summed E-state index contributed by atoms with van der Waals surface area (Å²) in [6, 6.07) is 7.86. The Hall–Kier alpha value is -2.16. The van der Waals surface area contributed by atoms with E-state index in [0.29, 0.717) is 24.7 Å². The standard InChI is InChI=1S/C18H25N5O3.ClH/c1-25-15-5-2-14(3-6-15)4-7-18(24)23-10-8-22(9-11-23)13-16-20-17(12-19)26-21-16;/h2-3,5-6H,4,7-13,19H2,1H3;1H. The van der Waals surface area contributed by atoms with Crippen LogP contribution >= 0.6 is 12.4 Å². The van der Waals surface area contributed by atoms with E-state index < -0.39 is 0 Å². The molecule has 0 radical (unpaired) electrons. The maximum Gasteiger partial charge on any atom is 0.240 e. The SMILES string of the molecule is COc1ccc(CCC(=O)N2CCN(Cc3noc(CN)n3)CC2)cc1.Cl. The Morgan fingerprint density at radius 2 is 1.93 bits per heavy atom. The molecule has 0 atom stereocenters. The van der Waals surface area contributed by atoms with E-state index in [2.05, 4.69) is 15.0 Å². The van der Waals surface area contributed by atoms with E-state index in [1.807, 2.05) is 29.2 Å². The van der Waals surface area contributed by atoms with Gasteiger partial charge in [0.15, 0.2) is 5.82 Å². The number of halogens is 1. The summed E-state index contributed by atoms with van der Waals surface area (Å²) < 4.78 is 10.2. The number of aromatic nitrogens is 2. The van der Waals surface area contributed by atoms with Crippen molar-refractivity contribution in [3.05, 3.63) is 41.5 Å². The second kappa shape index (κ2) is 10.2. The maximum atomic E-state index is 12.4. The molecule has 0 saturated carbocycles. The van der Waals surface area contributed by atoms with Crippen molar-refractivity contribution in [2.45, 2.75) is 25.9 Å². The lowest BCUT2D eigenvalue weighted by atomic mass is 10.1. The Labute approximate surface area is 165 Å². The summed E-state index contributed by atoms with van der Waals surface area (Å²) in [5.41, 5.74) is 6.62. The number of nitrogens with zero attached hydrogens (tertiary/aromatic N) is 4. The van der Waals surface area contributed by atoms with E-state index in [-0.39, 0.29) is 24.9 Å². The van der Waals surface area contributed by atoms with Crippen molar-refractivity contribution in [2.24, 2.45) is 5.73 Å². The normalized spacial score (nSPS) is 14.7. The number of nitrogens with two attached hydrogens (primary N) is 1. The van der Waals surface area contributed by atoms with Gasteiger partial charge in [0.1, 0.15) is 5.75 Å². The predicted molar refractivity (Wildman–Crippen MR) is 103 cm³/mol. The zero-order chi connectivity index (χ0) is 18.4. The fourth-order valence-electron chi connectivity index (χ4n) is 2.99. The number of carbonyl (C=O) groups excluding carboxylic acids is 1. The third kappa shape index (κ3) is 5.92. The highest BCUT2D eigenvalue weighted by molar-refractivity contribution is 5.85. The van der Waals surface area contributed by atoms with Gasteiger partial charge in [0.05, 0.1) is 20.2 Å². The highest BCUT2D eigenvalue weighted by Gasteiger charge is 2.22. The summed E-state index contributed by atoms with van der Waals surface area (Å²) in [6.45, 7) is 3.94. The first-order valence-corrected chi connectivity index (χ1v) is 8.82. The van der Waals surface area contributed by atoms with Gasteiger partial charge in [-0.25, -0.2) is 0 Å². The van der Waals surface area contributed by atoms with E-state index in [9.17, 15) is 4.79 Å². The monoisotopic (exact) mass is 395 g/mol. The van der Waals surface area contributed by atoms with Crippen molar-refractivity contribution in [1.82, 2.24) is 19.9 Å². The van der Waals surface area contributed by atoms with Gasteiger partial charge in [-0.1, -0.05) is 17.3 Å². The molecule has 1 aromatic carbocycles. The first-order valence-electron chi connectivity index (χ1n) is 8.82. The average Bonchev–Trinajstić information content (AvgIpc) is 3.14. The van der Waals surface area contributed by atoms with Gasteiger partial charge >= 0.3 is 0 Å². The molecule has 1 saturated heterocycles. The van der Waals surface area contributed by atoms with Crippen LogP contribution in [0.25, 0.3) is 0 Å². The fraction of sp³-hybridized carbons (Fsp3) is 0.500. The third-order valence-electron chi connectivity index (χ3n) is 4.56. The number of rotatable bonds is 7. The Morgan fingerprint density at radius 3 is 2.52 bits per heavy atom. The van der Waals surface area contributed by atoms with Crippen LogP contribution in [0.2, 0.25) is 0 Å². The molecule has 148 valence electrons. The minimum Gasteiger partial charge on any atom is -0.497 e. The number of methoxy groups -OCH3 is 1. The summed E-state index contributed by atoms with van der Waals surface area (Å²) in [7, 11) is 1.65. The van der Waals surface area contributed by atoms with Crippen molar-refractivity contribution >= 4 is 18.3 Å². The summed E-state index contributed by atoms with van der Waals surface area (Å²) in [5, 5.41) is 3.91. The quantitative estimate of drug-likeness (QED) is 0.752. The molecule has 27 heavy (non-hydrogen) atoms. The lowest BCUT2D eigenvalue weighted by molar-refractivity contribution is -0.133. The number of hydrogen-bond donors (Lipinski definition) is 1. The van der Waals surface area contributed by atoms with Crippen molar-refractivity contribution < 1.29 is 14.1 Å². The molecule has 1 aliphatic rings. The van der Waals surface area contributed by atoms with Crippen LogP contribution in [0.5, 0.6) is 5.75 Å². The molecule has 0 aliphatic carbocycles. The second-order valence-corrected chi connectivity index (χ2v) is 6.31. The molecule has 3 rings (SSSR count). The minimum atomic E-state index is 0. The lowest BCUT2D eigenvalue weighted by Gasteiger charge is -2.34. The van der Waals surface area contributed by atoms with E-state index in [4.69, 9.17) is 15.0 Å². The van der Waals surface area contributed by atoms with Gasteiger partial charge in [0.25, 0.3) is 0 Å². The van der Waals surface area contributed by atoms with Crippen LogP contribution < -0.4 is 10.5 Å². The maximum absolute atomic E-state index is 12.4. The van der Waals surface area contributed by atoms with E-state index >= 15 is 0 Å². The van der Waals surface area contributed by atoms with E-state index in [1.165, 1.54) is 0 Å². The van der Waals surface area contributed by atoms with Gasteiger partial charge in [-0.15, -0.1) is 12.4 Å². The van der Waals surface area contributed by atoms with Crippen LogP contribution in [0.1, 0.15) is 23.7 Å². The molecular formula is C18H26ClN5O3. The summed E-state index contributed by atoms with van der Waals surface area (Å²) in [4.78, 5) is 20.8. The topological polar surface area (TPSA) is 97.7 Å². The van der Waals surface area contributed by atoms with Gasteiger partial charge in [-0.2, -0.15) is 4.98 Å². The van der Waals surface area contributed by atoms with Crippen LogP contribution in [0.4, 0.5) is 0 Å². The molecule has 0 spiro atoms. The number of hydrogen-bond acceptors (Lipinski definition) is 7. The predicted octanol–water partition coefficient (Wildman–Crippen LogP) is 1.24. The number of piperazine rings is 1. The number of benzene rings is 1. The Morgan fingerprint density at radius 1 is 1.22 bits per heavy atom. The highest BCUT2D eigenvalue weighted by atomic mass is 35.5. The van der Waals surface area contributed by atoms with Crippen LogP contribution in [-0.4, -0.2) is 59.1 Å². The number of aryl methyl sites for hydroxylation is 1. The molecule has 1 aromatic heterocycles. The smallest absolute Gasteiger partial charge is 0.240 e. The molecule has 2 aromatic rings. The van der Waals surface area contributed by atoms with Crippen LogP contribution in [0.15, 0.2) is 28.8 Å². The van der Waals surface area contributed by atoms with Crippen molar-refractivity contribution in [3.63, 3.8) is 0 Å². The Bertz CT molecular complexity index is 714. The van der Waals surface area contributed by atoms with E-state index in [0.717, 1.165) is 43.9 Å². The fourth-order valence-corrected chi connectivity index (χ4v) is 2.99. The van der Waals surface area contributed by atoms with E-state index in [1.54, 1.807) is 7.11 Å². The molecule has 2 N–H and O–H groups in total. The average molecular weight is 396 g/mol. The lowest BCUT2D eigenvalue weighted by Crippen LogP contribution is -2.48. The van der Waals surface area contributed by atoms with Crippen LogP contribution in [-0.2, 0) is 24.3 Å². The summed E-state index contributed by atoms with van der Waals surface area (Å²) in [5.74, 6) is 2.12. The second-order valence-electron chi connectivity index (χ2n) is 6.31. The van der Waals surface area contributed by atoms with Crippen molar-refractivity contribution in [1.29, 1.82) is 0 Å². The Kier molecular flexibility index (Phi) is 8.02. The Balaban J connectivity index is 0.00000261. The zero-order valence-electron chi connectivity index (χ0n) is 15.5. The first-order chi connectivity index (χ1) is 12.7. The molecule has 1 fully saturated rings. The molecule has 0 bridgehead atoms. The molecule has 0 unspecified atom stereocenters. The molecule has 1 aliphatic heterocycles. The number of ether oxygens (including phenoxy) is 1. The van der Waals surface area contributed by atoms with Crippen molar-refractivity contribution in [3.8, 4) is 5.75 Å². The van der Waals surface area contributed by atoms with Crippen LogP contribution in [0, 0.1) is 0 Å². The molecule has 1 amide bonds. The van der Waals surface area contributed by atoms with Crippen molar-refractivity contribution in [2.75, 3.05) is 33.3 Å². The number of amides is 1. The van der Waals surface area contributed by atoms with Crippen LogP contribution in [0.3, 0.4) is 0 Å². The van der Waals surface area contributed by atoms with Gasteiger partial charge in [0.2, 0.25) is 11.8 Å². The van der Waals surface area contributed by atoms with Gasteiger partial charge in [-0.3, -0.25) is 9.69 Å². The van der Waals surface area contributed by atoms with Gasteiger partial charge < -0.3 is 19.9 Å². The summed E-state index contributed by atoms with van der Waals surface area (Å²) >= 11 is 0. The molecule has 9 heteroatoms. The van der Waals surface area contributed by atoms with Gasteiger partial charge in [0, 0.05) is 32.6 Å². The number of carbonyl (C=O) groups is 1. The highest BCUT2D eigenvalue weighted by Crippen LogP contribution is 2.14. The third-order valence-corrected chi connectivity index (χ3v) is 4.56. The molecular weight excluding hydrogens is 370 g/mol. The first kappa shape index (κ1) is 21.1. The van der Waals surface area contributed by atoms with Gasteiger partial charge in [-0.05, 0) is 24.1 Å². The molecule has 8 nitrogen and oxygen atoms in total. The zero-order valence-corrected chi connectivity index (χ0v) is 16.3.